The van der Waals surface area contributed by atoms with Gasteiger partial charge in [0.05, 0.1) is 0 Å². The molecule has 5 heteroatoms. The minimum Gasteiger partial charge on any atom is -0.492 e. The summed E-state index contributed by atoms with van der Waals surface area (Å²) in [4.78, 5) is 2.38. The average molecular weight is 279 g/mol. The maximum absolute atomic E-state index is 8.59. The average Bonchev–Trinajstić information content (AvgIpc) is 2.42. The van der Waals surface area contributed by atoms with Gasteiger partial charge in [0, 0.05) is 24.2 Å². The van der Waals surface area contributed by atoms with Gasteiger partial charge >= 0.3 is 0 Å². The number of rotatable bonds is 7. The Morgan fingerprint density at radius 3 is 2.20 bits per heavy atom. The van der Waals surface area contributed by atoms with Gasteiger partial charge in [-0.2, -0.15) is 0 Å². The molecular weight excluding hydrogens is 254 g/mol. The van der Waals surface area contributed by atoms with Crippen LogP contribution >= 0.6 is 0 Å². The Kier molecular flexibility index (Phi) is 6.31. The minimum atomic E-state index is 0.0994. The van der Waals surface area contributed by atoms with E-state index in [2.05, 4.69) is 37.8 Å². The summed E-state index contributed by atoms with van der Waals surface area (Å²) in [6.07, 6.45) is 0. The number of hydrogen-bond donors (Lipinski definition) is 2. The van der Waals surface area contributed by atoms with Crippen molar-refractivity contribution in [1.82, 2.24) is 4.90 Å². The number of benzene rings is 1. The topological polar surface area (TPSA) is 71.1 Å². The fourth-order valence-electron chi connectivity index (χ4n) is 2.16. The van der Waals surface area contributed by atoms with Gasteiger partial charge in [0.1, 0.15) is 12.4 Å². The Labute approximate surface area is 121 Å². The predicted octanol–water partition coefficient (Wildman–Crippen LogP) is 2.28. The number of ether oxygens (including phenoxy) is 1. The molecule has 0 saturated carbocycles. The molecule has 0 saturated heterocycles. The first-order valence-corrected chi connectivity index (χ1v) is 6.92. The zero-order chi connectivity index (χ0) is 15.1. The minimum absolute atomic E-state index is 0.0994. The predicted molar refractivity (Wildman–Crippen MR) is 81.4 cm³/mol. The van der Waals surface area contributed by atoms with E-state index in [4.69, 9.17) is 15.7 Å². The van der Waals surface area contributed by atoms with Crippen LogP contribution in [0.5, 0.6) is 5.75 Å². The lowest BCUT2D eigenvalue weighted by molar-refractivity contribution is 0.142. The van der Waals surface area contributed by atoms with Gasteiger partial charge in [-0.3, -0.25) is 4.90 Å². The van der Waals surface area contributed by atoms with Gasteiger partial charge in [-0.1, -0.05) is 5.16 Å². The molecule has 0 aliphatic heterocycles. The molecule has 0 spiro atoms. The Morgan fingerprint density at radius 1 is 1.20 bits per heavy atom. The largest absolute Gasteiger partial charge is 0.492 e. The Morgan fingerprint density at radius 2 is 1.75 bits per heavy atom. The molecule has 20 heavy (non-hydrogen) atoms. The van der Waals surface area contributed by atoms with E-state index in [0.717, 1.165) is 12.3 Å². The smallest absolute Gasteiger partial charge is 0.170 e. The van der Waals surface area contributed by atoms with Gasteiger partial charge in [-0.25, -0.2) is 0 Å². The third-order valence-corrected chi connectivity index (χ3v) is 3.20. The lowest BCUT2D eigenvalue weighted by Gasteiger charge is -2.30. The first kappa shape index (κ1) is 16.3. The lowest BCUT2D eigenvalue weighted by Crippen LogP contribution is -2.39. The molecule has 0 aliphatic rings. The molecule has 1 aromatic carbocycles. The molecule has 0 radical (unpaired) electrons. The summed E-state index contributed by atoms with van der Waals surface area (Å²) in [5, 5.41) is 11.5. The molecule has 0 aromatic heterocycles. The van der Waals surface area contributed by atoms with Crippen LogP contribution in [0.2, 0.25) is 0 Å². The molecule has 1 rings (SSSR count). The van der Waals surface area contributed by atoms with Crippen molar-refractivity contribution < 1.29 is 9.94 Å². The second-order valence-corrected chi connectivity index (χ2v) is 5.28. The molecule has 0 bridgehead atoms. The van der Waals surface area contributed by atoms with Crippen LogP contribution in [-0.4, -0.2) is 41.2 Å². The lowest BCUT2D eigenvalue weighted by atomic mass is 10.2. The summed E-state index contributed by atoms with van der Waals surface area (Å²) in [5.41, 5.74) is 6.18. The van der Waals surface area contributed by atoms with Crippen molar-refractivity contribution >= 4 is 5.84 Å². The highest BCUT2D eigenvalue weighted by Gasteiger charge is 2.12. The van der Waals surface area contributed by atoms with Crippen LogP contribution in [0.4, 0.5) is 0 Å². The SMILES string of the molecule is CC(C)N(CCOc1ccc(/C(N)=N/O)cc1)C(C)C. The molecule has 0 aliphatic carbocycles. The van der Waals surface area contributed by atoms with E-state index < -0.39 is 0 Å². The number of nitrogens with zero attached hydrogens (tertiary/aromatic N) is 2. The number of hydrogen-bond acceptors (Lipinski definition) is 4. The van der Waals surface area contributed by atoms with Crippen molar-refractivity contribution in [2.24, 2.45) is 10.9 Å². The van der Waals surface area contributed by atoms with E-state index in [1.165, 1.54) is 0 Å². The van der Waals surface area contributed by atoms with E-state index in [1.54, 1.807) is 12.1 Å². The molecule has 3 N–H and O–H groups in total. The van der Waals surface area contributed by atoms with Gasteiger partial charge in [-0.15, -0.1) is 0 Å². The Bertz CT molecular complexity index is 419. The van der Waals surface area contributed by atoms with Crippen LogP contribution in [0.15, 0.2) is 29.4 Å². The van der Waals surface area contributed by atoms with Crippen LogP contribution in [0.3, 0.4) is 0 Å². The molecule has 1 aromatic rings. The zero-order valence-corrected chi connectivity index (χ0v) is 12.7. The summed E-state index contributed by atoms with van der Waals surface area (Å²) in [5.74, 6) is 0.884. The maximum Gasteiger partial charge on any atom is 0.170 e. The van der Waals surface area contributed by atoms with Crippen LogP contribution in [0.25, 0.3) is 0 Å². The van der Waals surface area contributed by atoms with Crippen molar-refractivity contribution in [1.29, 1.82) is 0 Å². The van der Waals surface area contributed by atoms with Crippen LogP contribution in [0, 0.1) is 0 Å². The first-order chi connectivity index (χ1) is 9.45. The second kappa shape index (κ2) is 7.75. The normalized spacial score (nSPS) is 12.4. The molecular formula is C15H25N3O2. The van der Waals surface area contributed by atoms with Crippen molar-refractivity contribution in [3.8, 4) is 5.75 Å². The van der Waals surface area contributed by atoms with Gasteiger partial charge in [0.25, 0.3) is 0 Å². The molecule has 5 nitrogen and oxygen atoms in total. The van der Waals surface area contributed by atoms with Crippen molar-refractivity contribution in [2.75, 3.05) is 13.2 Å². The summed E-state index contributed by atoms with van der Waals surface area (Å²) in [7, 11) is 0. The van der Waals surface area contributed by atoms with Gasteiger partial charge in [0.2, 0.25) is 0 Å². The summed E-state index contributed by atoms with van der Waals surface area (Å²) < 4.78 is 5.72. The Hall–Kier alpha value is -1.75. The quantitative estimate of drug-likeness (QED) is 0.348. The molecule has 0 atom stereocenters. The number of amidine groups is 1. The first-order valence-electron chi connectivity index (χ1n) is 6.92. The van der Waals surface area contributed by atoms with E-state index in [9.17, 15) is 0 Å². The van der Waals surface area contributed by atoms with E-state index >= 15 is 0 Å². The third kappa shape index (κ3) is 4.74. The van der Waals surface area contributed by atoms with E-state index in [1.807, 2.05) is 12.1 Å². The summed E-state index contributed by atoms with van der Waals surface area (Å²) >= 11 is 0. The van der Waals surface area contributed by atoms with Gasteiger partial charge in [0.15, 0.2) is 5.84 Å². The molecule has 0 amide bonds. The van der Waals surface area contributed by atoms with Crippen molar-refractivity contribution in [3.05, 3.63) is 29.8 Å². The molecule has 0 unspecified atom stereocenters. The van der Waals surface area contributed by atoms with Crippen molar-refractivity contribution in [2.45, 2.75) is 39.8 Å². The third-order valence-electron chi connectivity index (χ3n) is 3.20. The highest BCUT2D eigenvalue weighted by atomic mass is 16.5. The van der Waals surface area contributed by atoms with E-state index in [0.29, 0.717) is 24.3 Å². The number of oxime groups is 1. The maximum atomic E-state index is 8.59. The fourth-order valence-corrected chi connectivity index (χ4v) is 2.16. The fraction of sp³-hybridized carbons (Fsp3) is 0.533. The highest BCUT2D eigenvalue weighted by molar-refractivity contribution is 5.97. The van der Waals surface area contributed by atoms with Crippen LogP contribution in [0.1, 0.15) is 33.3 Å². The number of nitrogens with two attached hydrogens (primary N) is 1. The monoisotopic (exact) mass is 279 g/mol. The zero-order valence-electron chi connectivity index (χ0n) is 12.7. The highest BCUT2D eigenvalue weighted by Crippen LogP contribution is 2.12. The standard InChI is InChI=1S/C15H25N3O2/c1-11(2)18(12(3)4)9-10-20-14-7-5-13(6-8-14)15(16)17-19/h5-8,11-12,19H,9-10H2,1-4H3,(H2,16,17). The van der Waals surface area contributed by atoms with Crippen LogP contribution < -0.4 is 10.5 Å². The van der Waals surface area contributed by atoms with E-state index in [-0.39, 0.29) is 5.84 Å². The van der Waals surface area contributed by atoms with Gasteiger partial charge < -0.3 is 15.7 Å². The molecule has 112 valence electrons. The van der Waals surface area contributed by atoms with Crippen molar-refractivity contribution in [3.63, 3.8) is 0 Å². The Balaban J connectivity index is 2.50. The van der Waals surface area contributed by atoms with Crippen LogP contribution in [-0.2, 0) is 0 Å². The second-order valence-electron chi connectivity index (χ2n) is 5.28. The molecule has 0 heterocycles. The summed E-state index contributed by atoms with van der Waals surface area (Å²) in [6.45, 7) is 10.3. The summed E-state index contributed by atoms with van der Waals surface area (Å²) in [6, 6.07) is 8.19. The van der Waals surface area contributed by atoms with Gasteiger partial charge in [-0.05, 0) is 52.0 Å². The molecule has 0 fully saturated rings.